The maximum Gasteiger partial charge on any atom is 0.340 e. The lowest BCUT2D eigenvalue weighted by Gasteiger charge is -2.29. The Morgan fingerprint density at radius 1 is 1.00 bits per heavy atom. The highest BCUT2D eigenvalue weighted by atomic mass is 32.2. The van der Waals surface area contributed by atoms with Crippen molar-refractivity contribution in [3.8, 4) is 17.2 Å². The summed E-state index contributed by atoms with van der Waals surface area (Å²) in [5.74, 6) is -0.139. The Morgan fingerprint density at radius 3 is 2.17 bits per heavy atom. The molecule has 1 amide bonds. The Kier molecular flexibility index (Phi) is 8.41. The quantitative estimate of drug-likeness (QED) is 0.505. The second-order valence-corrected chi connectivity index (χ2v) is 9.20. The molecule has 0 unspecified atom stereocenters. The molecule has 0 radical (unpaired) electrons. The smallest absolute Gasteiger partial charge is 0.340 e. The Morgan fingerprint density at radius 2 is 1.60 bits per heavy atom. The van der Waals surface area contributed by atoms with Crippen LogP contribution in [-0.2, 0) is 24.3 Å². The SMILES string of the molecule is COC(=O)c1cc(OC)c(OC)cc1NS(=O)(=O)c1ccc(O[C@@H](C)C(=O)N2CCOCC2)cc1. The van der Waals surface area contributed by atoms with E-state index in [9.17, 15) is 18.0 Å². The number of ether oxygens (including phenoxy) is 5. The molecular formula is C23H28N2O9S. The van der Waals surface area contributed by atoms with Crippen molar-refractivity contribution >= 4 is 27.6 Å². The normalized spacial score (nSPS) is 14.6. The van der Waals surface area contributed by atoms with Crippen LogP contribution in [0.4, 0.5) is 5.69 Å². The van der Waals surface area contributed by atoms with Gasteiger partial charge in [0.05, 0.1) is 50.7 Å². The van der Waals surface area contributed by atoms with E-state index >= 15 is 0 Å². The van der Waals surface area contributed by atoms with Crippen LogP contribution in [0.15, 0.2) is 41.3 Å². The zero-order valence-corrected chi connectivity index (χ0v) is 20.7. The maximum absolute atomic E-state index is 13.0. The van der Waals surface area contributed by atoms with Crippen molar-refractivity contribution in [2.75, 3.05) is 52.4 Å². The molecule has 0 aliphatic carbocycles. The standard InChI is InChI=1S/C23H28N2O9S/c1-15(22(26)25-9-11-33-12-10-25)34-16-5-7-17(8-6-16)35(28,29)24-19-14-21(31-3)20(30-2)13-18(19)23(27)32-4/h5-8,13-15,24H,9-12H2,1-4H3/t15-/m0/s1. The minimum atomic E-state index is -4.10. The first kappa shape index (κ1) is 26.1. The Labute approximate surface area is 203 Å². The van der Waals surface area contributed by atoms with Crippen molar-refractivity contribution in [3.05, 3.63) is 42.0 Å². The van der Waals surface area contributed by atoms with Crippen molar-refractivity contribution in [2.24, 2.45) is 0 Å². The molecule has 3 rings (SSSR count). The van der Waals surface area contributed by atoms with Crippen LogP contribution >= 0.6 is 0 Å². The summed E-state index contributed by atoms with van der Waals surface area (Å²) in [6, 6.07) is 8.23. The summed E-state index contributed by atoms with van der Waals surface area (Å²) < 4.78 is 54.5. The zero-order valence-electron chi connectivity index (χ0n) is 19.9. The van der Waals surface area contributed by atoms with Crippen LogP contribution in [0.5, 0.6) is 17.2 Å². The van der Waals surface area contributed by atoms with Crippen LogP contribution in [-0.4, -0.2) is 78.9 Å². The summed E-state index contributed by atoms with van der Waals surface area (Å²) in [5, 5.41) is 0. The van der Waals surface area contributed by atoms with Crippen LogP contribution in [0.25, 0.3) is 0 Å². The maximum atomic E-state index is 13.0. The highest BCUT2D eigenvalue weighted by molar-refractivity contribution is 7.92. The molecule has 1 fully saturated rings. The molecule has 0 spiro atoms. The van der Waals surface area contributed by atoms with Gasteiger partial charge in [0.15, 0.2) is 17.6 Å². The van der Waals surface area contributed by atoms with E-state index in [1.165, 1.54) is 57.7 Å². The molecule has 1 aliphatic rings. The number of nitrogens with zero attached hydrogens (tertiary/aromatic N) is 1. The summed E-state index contributed by atoms with van der Waals surface area (Å²) in [5.41, 5.74) is -0.0938. The Balaban J connectivity index is 1.78. The van der Waals surface area contributed by atoms with E-state index in [2.05, 4.69) is 4.72 Å². The summed E-state index contributed by atoms with van der Waals surface area (Å²) in [4.78, 5) is 26.3. The highest BCUT2D eigenvalue weighted by Gasteiger charge is 2.25. The lowest BCUT2D eigenvalue weighted by atomic mass is 10.1. The predicted molar refractivity (Wildman–Crippen MR) is 126 cm³/mol. The molecule has 2 aromatic carbocycles. The average Bonchev–Trinajstić information content (AvgIpc) is 2.88. The number of carbonyl (C=O) groups excluding carboxylic acids is 2. The summed E-state index contributed by atoms with van der Waals surface area (Å²) in [6.07, 6.45) is -0.747. The molecule has 1 heterocycles. The number of nitrogens with one attached hydrogen (secondary N) is 1. The number of hydrogen-bond donors (Lipinski definition) is 1. The van der Waals surface area contributed by atoms with E-state index in [1.807, 2.05) is 0 Å². The number of sulfonamides is 1. The molecular weight excluding hydrogens is 480 g/mol. The van der Waals surface area contributed by atoms with Gasteiger partial charge in [-0.25, -0.2) is 13.2 Å². The van der Waals surface area contributed by atoms with Gasteiger partial charge in [0, 0.05) is 25.2 Å². The number of rotatable bonds is 9. The largest absolute Gasteiger partial charge is 0.493 e. The van der Waals surface area contributed by atoms with Gasteiger partial charge in [-0.15, -0.1) is 0 Å². The van der Waals surface area contributed by atoms with Crippen LogP contribution in [0.3, 0.4) is 0 Å². The number of morpholine rings is 1. The second kappa shape index (κ2) is 11.3. The first-order valence-electron chi connectivity index (χ1n) is 10.7. The van der Waals surface area contributed by atoms with Crippen LogP contribution in [0.1, 0.15) is 17.3 Å². The molecule has 0 saturated carbocycles. The van der Waals surface area contributed by atoms with Gasteiger partial charge in [0.1, 0.15) is 5.75 Å². The minimum absolute atomic E-state index is 0.0421. The molecule has 0 bridgehead atoms. The molecule has 0 aromatic heterocycles. The lowest BCUT2D eigenvalue weighted by Crippen LogP contribution is -2.46. The van der Waals surface area contributed by atoms with Crippen molar-refractivity contribution in [3.63, 3.8) is 0 Å². The summed E-state index contributed by atoms with van der Waals surface area (Å²) >= 11 is 0. The van der Waals surface area contributed by atoms with Gasteiger partial charge in [0.2, 0.25) is 0 Å². The number of methoxy groups -OCH3 is 3. The molecule has 190 valence electrons. The molecule has 11 nitrogen and oxygen atoms in total. The number of carbonyl (C=O) groups is 2. The van der Waals surface area contributed by atoms with Gasteiger partial charge in [-0.2, -0.15) is 0 Å². The fourth-order valence-electron chi connectivity index (χ4n) is 3.44. The van der Waals surface area contributed by atoms with Gasteiger partial charge in [-0.05, 0) is 31.2 Å². The van der Waals surface area contributed by atoms with Crippen molar-refractivity contribution in [1.29, 1.82) is 0 Å². The summed E-state index contributed by atoms with van der Waals surface area (Å²) in [7, 11) is -0.141. The average molecular weight is 509 g/mol. The number of esters is 1. The van der Waals surface area contributed by atoms with E-state index in [4.69, 9.17) is 23.7 Å². The van der Waals surface area contributed by atoms with E-state index in [0.717, 1.165) is 0 Å². The molecule has 1 atom stereocenters. The van der Waals surface area contributed by atoms with Gasteiger partial charge < -0.3 is 28.6 Å². The minimum Gasteiger partial charge on any atom is -0.493 e. The van der Waals surface area contributed by atoms with E-state index in [-0.39, 0.29) is 33.6 Å². The molecule has 12 heteroatoms. The van der Waals surface area contributed by atoms with Crippen molar-refractivity contribution in [2.45, 2.75) is 17.9 Å². The number of amides is 1. The lowest BCUT2D eigenvalue weighted by molar-refractivity contribution is -0.142. The first-order valence-corrected chi connectivity index (χ1v) is 12.2. The molecule has 1 saturated heterocycles. The monoisotopic (exact) mass is 508 g/mol. The van der Waals surface area contributed by atoms with Crippen LogP contribution < -0.4 is 18.9 Å². The van der Waals surface area contributed by atoms with Crippen molar-refractivity contribution in [1.82, 2.24) is 4.90 Å². The van der Waals surface area contributed by atoms with E-state index in [1.54, 1.807) is 11.8 Å². The molecule has 2 aromatic rings. The summed E-state index contributed by atoms with van der Waals surface area (Å²) in [6.45, 7) is 3.60. The zero-order chi connectivity index (χ0) is 25.6. The van der Waals surface area contributed by atoms with Crippen LogP contribution in [0.2, 0.25) is 0 Å². The molecule has 1 N–H and O–H groups in total. The molecule has 35 heavy (non-hydrogen) atoms. The van der Waals surface area contributed by atoms with Gasteiger partial charge >= 0.3 is 5.97 Å². The predicted octanol–water partition coefficient (Wildman–Crippen LogP) is 1.92. The topological polar surface area (TPSA) is 130 Å². The van der Waals surface area contributed by atoms with Gasteiger partial charge in [-0.3, -0.25) is 9.52 Å². The fraction of sp³-hybridized carbons (Fsp3) is 0.391. The third-order valence-electron chi connectivity index (χ3n) is 5.29. The third-order valence-corrected chi connectivity index (χ3v) is 6.67. The number of benzene rings is 2. The Bertz CT molecular complexity index is 1160. The third kappa shape index (κ3) is 6.14. The highest BCUT2D eigenvalue weighted by Crippen LogP contribution is 2.35. The Hall–Kier alpha value is -3.51. The van der Waals surface area contributed by atoms with Crippen LogP contribution in [0, 0.1) is 0 Å². The molecule has 1 aliphatic heterocycles. The van der Waals surface area contributed by atoms with Gasteiger partial charge in [0.25, 0.3) is 15.9 Å². The second-order valence-electron chi connectivity index (χ2n) is 7.52. The van der Waals surface area contributed by atoms with Crippen molar-refractivity contribution < 1.29 is 41.7 Å². The van der Waals surface area contributed by atoms with E-state index in [0.29, 0.717) is 32.1 Å². The number of hydrogen-bond acceptors (Lipinski definition) is 9. The fourth-order valence-corrected chi connectivity index (χ4v) is 4.51. The van der Waals surface area contributed by atoms with E-state index < -0.39 is 22.1 Å². The first-order chi connectivity index (χ1) is 16.7. The van der Waals surface area contributed by atoms with Gasteiger partial charge in [-0.1, -0.05) is 0 Å². The number of anilines is 1.